The summed E-state index contributed by atoms with van der Waals surface area (Å²) in [5.41, 5.74) is 3.41. The van der Waals surface area contributed by atoms with E-state index in [4.69, 9.17) is 6.42 Å². The van der Waals surface area contributed by atoms with Crippen molar-refractivity contribution in [2.45, 2.75) is 0 Å². The van der Waals surface area contributed by atoms with Crippen molar-refractivity contribution in [3.8, 4) is 40.0 Å². The topological polar surface area (TPSA) is 48.5 Å². The summed E-state index contributed by atoms with van der Waals surface area (Å²) in [5.74, 6) is 2.81. The minimum Gasteiger partial charge on any atom is -0.366 e. The third-order valence-electron chi connectivity index (χ3n) is 5.62. The number of pyridine rings is 1. The van der Waals surface area contributed by atoms with E-state index in [0.717, 1.165) is 40.5 Å². The molecule has 0 aliphatic heterocycles. The zero-order chi connectivity index (χ0) is 28.3. The van der Waals surface area contributed by atoms with Gasteiger partial charge in [-0.05, 0) is 11.8 Å². The van der Waals surface area contributed by atoms with E-state index in [1.54, 1.807) is 36.8 Å². The van der Waals surface area contributed by atoms with Crippen LogP contribution in [0.4, 0.5) is 8.78 Å². The van der Waals surface area contributed by atoms with E-state index in [1.807, 2.05) is 84.2 Å². The average Bonchev–Trinajstić information content (AvgIpc) is 3.62. The summed E-state index contributed by atoms with van der Waals surface area (Å²) in [6.07, 6.45) is 15.7. The summed E-state index contributed by atoms with van der Waals surface area (Å²) in [4.78, 5) is 12.6. The van der Waals surface area contributed by atoms with Crippen LogP contribution in [0.1, 0.15) is 5.56 Å². The van der Waals surface area contributed by atoms with Gasteiger partial charge in [-0.15, -0.1) is 54.1 Å². The molecule has 0 saturated carbocycles. The zero-order valence-electron chi connectivity index (χ0n) is 22.2. The van der Waals surface area contributed by atoms with Crippen molar-refractivity contribution in [3.05, 3.63) is 146 Å². The third kappa shape index (κ3) is 8.39. The van der Waals surface area contributed by atoms with Gasteiger partial charge in [0.25, 0.3) is 0 Å². The number of nitrogens with zero attached hydrogens (tertiary/aromatic N) is 5. The number of imidazole rings is 2. The Labute approximate surface area is 251 Å². The fourth-order valence-electron chi connectivity index (χ4n) is 3.65. The van der Waals surface area contributed by atoms with Crippen LogP contribution >= 0.6 is 0 Å². The number of hydrogen-bond acceptors (Lipinski definition) is 3. The zero-order valence-corrected chi connectivity index (χ0v) is 24.6. The van der Waals surface area contributed by atoms with Crippen molar-refractivity contribution >= 4 is 0 Å². The van der Waals surface area contributed by atoms with Gasteiger partial charge >= 0.3 is 20.1 Å². The molecule has 8 heteroatoms. The van der Waals surface area contributed by atoms with E-state index in [1.165, 1.54) is 0 Å². The molecular weight excluding hydrogens is 697 g/mol. The minimum atomic E-state index is -0.649. The van der Waals surface area contributed by atoms with E-state index >= 15 is 0 Å². The Bertz CT molecular complexity index is 1650. The molecule has 0 unspecified atom stereocenters. The van der Waals surface area contributed by atoms with Gasteiger partial charge < -0.3 is 20.5 Å². The average molecular weight is 721 g/mol. The number of benzene rings is 3. The van der Waals surface area contributed by atoms with Gasteiger partial charge in [-0.25, -0.2) is 0 Å². The predicted molar refractivity (Wildman–Crippen MR) is 151 cm³/mol. The largest absolute Gasteiger partial charge is 3.00 e. The summed E-state index contributed by atoms with van der Waals surface area (Å²) < 4.78 is 29.8. The van der Waals surface area contributed by atoms with Crippen LogP contribution in [0.25, 0.3) is 34.0 Å². The van der Waals surface area contributed by atoms with Crippen LogP contribution in [-0.2, 0) is 34.2 Å². The van der Waals surface area contributed by atoms with Gasteiger partial charge in [0.15, 0.2) is 0 Å². The van der Waals surface area contributed by atoms with Gasteiger partial charge in [0.1, 0.15) is 0 Å². The molecule has 0 aliphatic rings. The van der Waals surface area contributed by atoms with Gasteiger partial charge in [0.05, 0.1) is 11.6 Å². The molecule has 0 fully saturated rings. The molecule has 3 aromatic carbocycles. The van der Waals surface area contributed by atoms with Crippen molar-refractivity contribution < 1.29 is 28.9 Å². The molecule has 6 rings (SSSR count). The van der Waals surface area contributed by atoms with E-state index in [2.05, 4.69) is 33.0 Å². The smallest absolute Gasteiger partial charge is 0.366 e. The Hall–Kier alpha value is -4.70. The van der Waals surface area contributed by atoms with Gasteiger partial charge in [-0.3, -0.25) is 24.7 Å². The van der Waals surface area contributed by atoms with Gasteiger partial charge in [-0.1, -0.05) is 53.1 Å². The maximum Gasteiger partial charge on any atom is 3.00 e. The van der Waals surface area contributed by atoms with E-state index < -0.39 is 11.6 Å². The number of aryl methyl sites for hydroxylation is 2. The summed E-state index contributed by atoms with van der Waals surface area (Å²) >= 11 is 0. The maximum atomic E-state index is 13.2. The molecular formula is C33H24F2IrN5. The van der Waals surface area contributed by atoms with Gasteiger partial charge in [0, 0.05) is 56.7 Å². The standard InChI is InChI=1S/C14H13N4.C11H6F2N.C8H5.Ir/c1-17-8-6-15-13(17)11-4-3-5-12(10-11)14-16-7-9-18(14)2;12-8-4-5-9(10(13)7-8)11-3-1-2-6-14-11;1-2-8-6-4-3-5-7-8;/h3-9H,1-2H3;1-4,6-7H;3-7H;/q3*-1;+3. The van der Waals surface area contributed by atoms with Crippen LogP contribution < -0.4 is 0 Å². The molecule has 0 N–H and O–H groups in total. The first kappa shape index (κ1) is 30.8. The molecule has 6 aromatic rings. The van der Waals surface area contributed by atoms with Crippen LogP contribution in [0.2, 0.25) is 0 Å². The molecule has 41 heavy (non-hydrogen) atoms. The van der Waals surface area contributed by atoms with E-state index in [-0.39, 0.29) is 25.7 Å². The molecule has 0 bridgehead atoms. The Morgan fingerprint density at radius 1 is 0.756 bits per heavy atom. The van der Waals surface area contributed by atoms with E-state index in [0.29, 0.717) is 5.69 Å². The molecule has 3 heterocycles. The molecule has 0 atom stereocenters. The fourth-order valence-corrected chi connectivity index (χ4v) is 3.65. The van der Waals surface area contributed by atoms with Crippen molar-refractivity contribution in [2.75, 3.05) is 0 Å². The fraction of sp³-hybridized carbons (Fsp3) is 0.0606. The minimum absolute atomic E-state index is 0. The van der Waals surface area contributed by atoms with Crippen LogP contribution in [-0.4, -0.2) is 24.1 Å². The SMILES string of the molecule is Cn1ccnc1-c1[c-]c(-c2nccn2C)ccc1.Fc1c[c-]c(-c2ccccn2)c(F)c1.[C-]#Cc1ccccc1.[Ir+3]. The quantitative estimate of drug-likeness (QED) is 0.151. The normalized spacial score (nSPS) is 9.73. The number of hydrogen-bond donors (Lipinski definition) is 0. The van der Waals surface area contributed by atoms with Gasteiger partial charge in [-0.2, -0.15) is 0 Å². The first-order valence-corrected chi connectivity index (χ1v) is 12.2. The molecule has 0 amide bonds. The molecule has 5 nitrogen and oxygen atoms in total. The van der Waals surface area contributed by atoms with Crippen LogP contribution in [0, 0.1) is 36.1 Å². The molecule has 0 aliphatic carbocycles. The first-order chi connectivity index (χ1) is 19.5. The van der Waals surface area contributed by atoms with Crippen molar-refractivity contribution in [1.29, 1.82) is 0 Å². The second-order valence-corrected chi connectivity index (χ2v) is 8.45. The summed E-state index contributed by atoms with van der Waals surface area (Å²) in [5, 5.41) is 0. The van der Waals surface area contributed by atoms with E-state index in [9.17, 15) is 8.78 Å². The van der Waals surface area contributed by atoms with Crippen LogP contribution in [0.3, 0.4) is 0 Å². The Morgan fingerprint density at radius 2 is 1.37 bits per heavy atom. The second kappa shape index (κ2) is 15.2. The second-order valence-electron chi connectivity index (χ2n) is 8.45. The molecule has 204 valence electrons. The first-order valence-electron chi connectivity index (χ1n) is 12.2. The Kier molecular flexibility index (Phi) is 11.4. The Morgan fingerprint density at radius 3 is 1.83 bits per heavy atom. The van der Waals surface area contributed by atoms with Crippen molar-refractivity contribution in [2.24, 2.45) is 14.1 Å². The van der Waals surface area contributed by atoms with Crippen molar-refractivity contribution in [3.63, 3.8) is 0 Å². The van der Waals surface area contributed by atoms with Crippen LogP contribution in [0.15, 0.2) is 110 Å². The van der Waals surface area contributed by atoms with Crippen LogP contribution in [0.5, 0.6) is 0 Å². The molecule has 3 aromatic heterocycles. The van der Waals surface area contributed by atoms with Gasteiger partial charge in [0.2, 0.25) is 0 Å². The number of halogens is 2. The summed E-state index contributed by atoms with van der Waals surface area (Å²) in [6, 6.07) is 28.3. The maximum absolute atomic E-state index is 13.2. The Balaban J connectivity index is 0.000000179. The predicted octanol–water partition coefficient (Wildman–Crippen LogP) is 6.74. The third-order valence-corrected chi connectivity index (χ3v) is 5.62. The monoisotopic (exact) mass is 721 g/mol. The summed E-state index contributed by atoms with van der Waals surface area (Å²) in [6.45, 7) is 0. The summed E-state index contributed by atoms with van der Waals surface area (Å²) in [7, 11) is 3.95. The molecule has 0 radical (unpaired) electrons. The number of rotatable bonds is 3. The number of aromatic nitrogens is 5. The van der Waals surface area contributed by atoms with Crippen molar-refractivity contribution in [1.82, 2.24) is 24.1 Å². The molecule has 0 spiro atoms. The molecule has 0 saturated heterocycles.